The first-order chi connectivity index (χ1) is 9.58. The van der Waals surface area contributed by atoms with Crippen LogP contribution in [-0.2, 0) is 6.54 Å². The van der Waals surface area contributed by atoms with Gasteiger partial charge in [0.05, 0.1) is 11.9 Å². The summed E-state index contributed by atoms with van der Waals surface area (Å²) in [6.45, 7) is 7.65. The molecule has 1 aliphatic heterocycles. The molecule has 0 saturated carbocycles. The lowest BCUT2D eigenvalue weighted by Gasteiger charge is -2.37. The van der Waals surface area contributed by atoms with E-state index in [4.69, 9.17) is 0 Å². The van der Waals surface area contributed by atoms with E-state index >= 15 is 0 Å². The number of piperidine rings is 1. The van der Waals surface area contributed by atoms with Gasteiger partial charge in [0.25, 0.3) is 0 Å². The molecule has 4 nitrogen and oxygen atoms in total. The first-order valence-electron chi connectivity index (χ1n) is 7.65. The van der Waals surface area contributed by atoms with E-state index in [2.05, 4.69) is 54.1 Å². The SMILES string of the molecule is CC(C)NCc1ccncc1N(C)C1CCN(C)CC1. The number of likely N-dealkylation sites (tertiary alicyclic amines) is 1. The predicted molar refractivity (Wildman–Crippen MR) is 85.1 cm³/mol. The number of rotatable bonds is 5. The molecule has 1 saturated heterocycles. The minimum atomic E-state index is 0.504. The van der Waals surface area contributed by atoms with Crippen molar-refractivity contribution in [2.75, 3.05) is 32.1 Å². The molecule has 4 heteroatoms. The number of nitrogens with one attached hydrogen (secondary N) is 1. The quantitative estimate of drug-likeness (QED) is 0.892. The maximum absolute atomic E-state index is 4.32. The van der Waals surface area contributed by atoms with Crippen molar-refractivity contribution in [2.45, 2.75) is 45.3 Å². The number of nitrogens with zero attached hydrogens (tertiary/aromatic N) is 3. The molecule has 0 spiro atoms. The molecule has 20 heavy (non-hydrogen) atoms. The maximum Gasteiger partial charge on any atom is 0.0598 e. The van der Waals surface area contributed by atoms with Crippen LogP contribution in [-0.4, -0.2) is 49.2 Å². The molecule has 1 aromatic rings. The van der Waals surface area contributed by atoms with Crippen molar-refractivity contribution < 1.29 is 0 Å². The van der Waals surface area contributed by atoms with Crippen molar-refractivity contribution >= 4 is 5.69 Å². The highest BCUT2D eigenvalue weighted by Gasteiger charge is 2.22. The third kappa shape index (κ3) is 3.93. The van der Waals surface area contributed by atoms with E-state index in [0.29, 0.717) is 12.1 Å². The van der Waals surface area contributed by atoms with E-state index in [9.17, 15) is 0 Å². The number of hydrogen-bond donors (Lipinski definition) is 1. The second-order valence-corrected chi connectivity index (χ2v) is 6.19. The minimum absolute atomic E-state index is 0.504. The van der Waals surface area contributed by atoms with Crippen molar-refractivity contribution in [1.82, 2.24) is 15.2 Å². The summed E-state index contributed by atoms with van der Waals surface area (Å²) in [4.78, 5) is 9.16. The first-order valence-corrected chi connectivity index (χ1v) is 7.65. The summed E-state index contributed by atoms with van der Waals surface area (Å²) in [6.07, 6.45) is 6.37. The zero-order valence-electron chi connectivity index (χ0n) is 13.3. The van der Waals surface area contributed by atoms with Crippen molar-refractivity contribution in [3.05, 3.63) is 24.0 Å². The van der Waals surface area contributed by atoms with Gasteiger partial charge in [-0.15, -0.1) is 0 Å². The van der Waals surface area contributed by atoms with E-state index in [0.717, 1.165) is 6.54 Å². The summed E-state index contributed by atoms with van der Waals surface area (Å²) in [5.74, 6) is 0. The molecule has 1 fully saturated rings. The molecular formula is C16H28N4. The summed E-state index contributed by atoms with van der Waals surface area (Å²) in [7, 11) is 4.42. The van der Waals surface area contributed by atoms with Gasteiger partial charge >= 0.3 is 0 Å². The van der Waals surface area contributed by atoms with Crippen LogP contribution in [0.5, 0.6) is 0 Å². The molecular weight excluding hydrogens is 248 g/mol. The van der Waals surface area contributed by atoms with E-state index in [1.807, 2.05) is 12.4 Å². The van der Waals surface area contributed by atoms with E-state index in [-0.39, 0.29) is 0 Å². The lowest BCUT2D eigenvalue weighted by atomic mass is 10.0. The van der Waals surface area contributed by atoms with Gasteiger partial charge in [-0.1, -0.05) is 13.8 Å². The Hall–Kier alpha value is -1.13. The molecule has 0 aliphatic carbocycles. The second-order valence-electron chi connectivity index (χ2n) is 6.19. The highest BCUT2D eigenvalue weighted by molar-refractivity contribution is 5.52. The average Bonchev–Trinajstić information content (AvgIpc) is 2.45. The van der Waals surface area contributed by atoms with Crippen LogP contribution in [0.3, 0.4) is 0 Å². The standard InChI is InChI=1S/C16H28N4/c1-13(2)18-11-14-5-8-17-12-16(14)20(4)15-6-9-19(3)10-7-15/h5,8,12-13,15,18H,6-7,9-11H2,1-4H3. The van der Waals surface area contributed by atoms with Gasteiger partial charge in [-0.2, -0.15) is 0 Å². The van der Waals surface area contributed by atoms with Crippen LogP contribution in [0.1, 0.15) is 32.3 Å². The van der Waals surface area contributed by atoms with E-state index in [1.54, 1.807) is 0 Å². The molecule has 0 atom stereocenters. The summed E-state index contributed by atoms with van der Waals surface area (Å²) >= 11 is 0. The molecule has 0 bridgehead atoms. The van der Waals surface area contributed by atoms with Crippen LogP contribution in [0.4, 0.5) is 5.69 Å². The largest absolute Gasteiger partial charge is 0.370 e. The van der Waals surface area contributed by atoms with Crippen LogP contribution in [0.2, 0.25) is 0 Å². The van der Waals surface area contributed by atoms with Crippen LogP contribution in [0.25, 0.3) is 0 Å². The Bertz CT molecular complexity index is 411. The van der Waals surface area contributed by atoms with Gasteiger partial charge in [-0.25, -0.2) is 0 Å². The van der Waals surface area contributed by atoms with Crippen molar-refractivity contribution in [2.24, 2.45) is 0 Å². The Balaban J connectivity index is 2.06. The second kappa shape index (κ2) is 7.04. The molecule has 112 valence electrons. The molecule has 2 rings (SSSR count). The Labute approximate surface area is 123 Å². The number of pyridine rings is 1. The molecule has 1 N–H and O–H groups in total. The molecule has 2 heterocycles. The first kappa shape index (κ1) is 15.3. The third-order valence-electron chi connectivity index (χ3n) is 4.20. The molecule has 1 aliphatic rings. The fourth-order valence-corrected chi connectivity index (χ4v) is 2.78. The van der Waals surface area contributed by atoms with Crippen LogP contribution in [0, 0.1) is 0 Å². The zero-order valence-corrected chi connectivity index (χ0v) is 13.3. The fourth-order valence-electron chi connectivity index (χ4n) is 2.78. The highest BCUT2D eigenvalue weighted by atomic mass is 15.2. The van der Waals surface area contributed by atoms with Gasteiger partial charge in [0.15, 0.2) is 0 Å². The normalized spacial score (nSPS) is 17.6. The zero-order chi connectivity index (χ0) is 14.5. The Morgan fingerprint density at radius 1 is 1.40 bits per heavy atom. The predicted octanol–water partition coefficient (Wildman–Crippen LogP) is 2.11. The van der Waals surface area contributed by atoms with Crippen LogP contribution in [0.15, 0.2) is 18.5 Å². The molecule has 0 unspecified atom stereocenters. The third-order valence-corrected chi connectivity index (χ3v) is 4.20. The molecule has 0 aromatic carbocycles. The highest BCUT2D eigenvalue weighted by Crippen LogP contribution is 2.24. The van der Waals surface area contributed by atoms with Crippen LogP contribution >= 0.6 is 0 Å². The summed E-state index contributed by atoms with van der Waals surface area (Å²) < 4.78 is 0. The lowest BCUT2D eigenvalue weighted by Crippen LogP contribution is -2.42. The number of hydrogen-bond acceptors (Lipinski definition) is 4. The Kier molecular flexibility index (Phi) is 5.38. The van der Waals surface area contributed by atoms with E-state index < -0.39 is 0 Å². The van der Waals surface area contributed by atoms with Gasteiger partial charge in [-0.3, -0.25) is 4.98 Å². The number of aromatic nitrogens is 1. The van der Waals surface area contributed by atoms with Gasteiger partial charge in [0.2, 0.25) is 0 Å². The molecule has 0 radical (unpaired) electrons. The summed E-state index contributed by atoms with van der Waals surface area (Å²) in [6, 6.07) is 3.27. The Morgan fingerprint density at radius 2 is 2.10 bits per heavy atom. The monoisotopic (exact) mass is 276 g/mol. The summed E-state index contributed by atoms with van der Waals surface area (Å²) in [5, 5.41) is 3.50. The van der Waals surface area contributed by atoms with Crippen molar-refractivity contribution in [3.8, 4) is 0 Å². The maximum atomic E-state index is 4.32. The van der Waals surface area contributed by atoms with E-state index in [1.165, 1.54) is 37.2 Å². The van der Waals surface area contributed by atoms with Crippen LogP contribution < -0.4 is 10.2 Å². The fraction of sp³-hybridized carbons (Fsp3) is 0.688. The molecule has 0 amide bonds. The minimum Gasteiger partial charge on any atom is -0.370 e. The number of anilines is 1. The van der Waals surface area contributed by atoms with Crippen molar-refractivity contribution in [1.29, 1.82) is 0 Å². The van der Waals surface area contributed by atoms with Gasteiger partial charge in [0, 0.05) is 31.9 Å². The van der Waals surface area contributed by atoms with Crippen molar-refractivity contribution in [3.63, 3.8) is 0 Å². The Morgan fingerprint density at radius 3 is 2.75 bits per heavy atom. The van der Waals surface area contributed by atoms with Gasteiger partial charge < -0.3 is 15.1 Å². The van der Waals surface area contributed by atoms with Gasteiger partial charge in [-0.05, 0) is 44.6 Å². The summed E-state index contributed by atoms with van der Waals surface area (Å²) in [5.41, 5.74) is 2.62. The average molecular weight is 276 g/mol. The topological polar surface area (TPSA) is 31.4 Å². The smallest absolute Gasteiger partial charge is 0.0598 e. The molecule has 1 aromatic heterocycles. The van der Waals surface area contributed by atoms with Gasteiger partial charge in [0.1, 0.15) is 0 Å². The lowest BCUT2D eigenvalue weighted by molar-refractivity contribution is 0.252.